The smallest absolute Gasteiger partial charge is 0.256 e. The first-order valence-corrected chi connectivity index (χ1v) is 18.7. The molecule has 2 aromatic heterocycles. The normalized spacial score (nSPS) is 12.6. The first kappa shape index (κ1) is 43.8. The fourth-order valence-electron chi connectivity index (χ4n) is 5.23. The van der Waals surface area contributed by atoms with Crippen LogP contribution < -0.4 is 37.1 Å². The zero-order valence-corrected chi connectivity index (χ0v) is 33.4. The minimum atomic E-state index is -0.795. The van der Waals surface area contributed by atoms with Gasteiger partial charge in [-0.1, -0.05) is 39.8 Å². The van der Waals surface area contributed by atoms with Crippen LogP contribution >= 0.6 is 0 Å². The highest BCUT2D eigenvalue weighted by molar-refractivity contribution is 6.05. The van der Waals surface area contributed by atoms with Crippen molar-refractivity contribution in [3.05, 3.63) is 83.8 Å². The molecular formula is C40H53FN10O6. The van der Waals surface area contributed by atoms with Crippen molar-refractivity contribution in [2.45, 2.75) is 52.6 Å². The van der Waals surface area contributed by atoms with Gasteiger partial charge < -0.3 is 46.7 Å². The summed E-state index contributed by atoms with van der Waals surface area (Å²) < 4.78 is 28.7. The molecule has 0 saturated carbocycles. The number of hydrogen-bond donors (Lipinski definition) is 6. The molecule has 4 amide bonds. The van der Waals surface area contributed by atoms with Gasteiger partial charge in [-0.05, 0) is 75.3 Å². The Labute approximate surface area is 331 Å². The van der Waals surface area contributed by atoms with Gasteiger partial charge in [0.05, 0.1) is 25.5 Å². The van der Waals surface area contributed by atoms with Crippen LogP contribution in [0, 0.1) is 11.7 Å². The zero-order valence-electron chi connectivity index (χ0n) is 33.4. The van der Waals surface area contributed by atoms with Gasteiger partial charge in [0.2, 0.25) is 23.5 Å². The maximum absolute atomic E-state index is 16.1. The molecule has 0 unspecified atom stereocenters. The van der Waals surface area contributed by atoms with Crippen molar-refractivity contribution in [2.24, 2.45) is 11.7 Å². The minimum Gasteiger partial charge on any atom is -0.473 e. The summed E-state index contributed by atoms with van der Waals surface area (Å²) in [6, 6.07) is 11.8. The van der Waals surface area contributed by atoms with Gasteiger partial charge in [0.1, 0.15) is 12.6 Å². The van der Waals surface area contributed by atoms with E-state index in [9.17, 15) is 19.2 Å². The summed E-state index contributed by atoms with van der Waals surface area (Å²) in [4.78, 5) is 56.1. The van der Waals surface area contributed by atoms with Crippen LogP contribution in [0.25, 0.3) is 5.65 Å². The van der Waals surface area contributed by atoms with Crippen molar-refractivity contribution in [2.75, 3.05) is 63.0 Å². The van der Waals surface area contributed by atoms with Gasteiger partial charge in [0.25, 0.3) is 11.8 Å². The molecule has 2 atom stereocenters. The quantitative estimate of drug-likeness (QED) is 0.0557. The summed E-state index contributed by atoms with van der Waals surface area (Å²) in [5.41, 5.74) is 8.83. The standard InChI is InChI=1S/C40H53FN10O6/c1-24(2)31-23-44-51-35(31)49-40(57-21-20-56-19-17-43-37(53)26(5)45-39(55)34(42)25(3)4)33(41)36(51)47-29-10-8-11-30(22-29)48-38(54)27-13-15-28(16-14-27)46-32(52)12-9-18-50(6)7/h8-16,22-26,34,47H,17-21,42H2,1-7H3,(H,43,53)(H,45,55)(H,46,52)(H,48,54)/b12-9+/t26-,34-/m0/s1. The molecule has 57 heavy (non-hydrogen) atoms. The van der Waals surface area contributed by atoms with Crippen molar-refractivity contribution < 1.29 is 33.0 Å². The molecule has 2 aromatic carbocycles. The summed E-state index contributed by atoms with van der Waals surface area (Å²) in [7, 11) is 3.81. The van der Waals surface area contributed by atoms with Crippen LogP contribution in [0.15, 0.2) is 66.9 Å². The van der Waals surface area contributed by atoms with Crippen LogP contribution in [0.5, 0.6) is 5.88 Å². The van der Waals surface area contributed by atoms with Gasteiger partial charge in [0, 0.05) is 47.4 Å². The summed E-state index contributed by atoms with van der Waals surface area (Å²) in [5.74, 6) is -2.57. The van der Waals surface area contributed by atoms with Crippen LogP contribution in [0.1, 0.15) is 56.5 Å². The first-order valence-electron chi connectivity index (χ1n) is 18.7. The van der Waals surface area contributed by atoms with Crippen LogP contribution in [0.2, 0.25) is 0 Å². The lowest BCUT2D eigenvalue weighted by Gasteiger charge is -2.19. The van der Waals surface area contributed by atoms with E-state index >= 15 is 4.39 Å². The number of nitrogens with two attached hydrogens (primary N) is 1. The third-order valence-electron chi connectivity index (χ3n) is 8.53. The van der Waals surface area contributed by atoms with E-state index in [2.05, 4.69) is 36.7 Å². The largest absolute Gasteiger partial charge is 0.473 e. The average molecular weight is 789 g/mol. The number of halogens is 1. The maximum atomic E-state index is 16.1. The van der Waals surface area contributed by atoms with Gasteiger partial charge in [-0.3, -0.25) is 19.2 Å². The van der Waals surface area contributed by atoms with E-state index in [-0.39, 0.29) is 67.6 Å². The second-order valence-electron chi connectivity index (χ2n) is 14.2. The van der Waals surface area contributed by atoms with Crippen LogP contribution in [-0.4, -0.2) is 102 Å². The zero-order chi connectivity index (χ0) is 41.6. The SMILES string of the molecule is CC(C)c1cnn2c(Nc3cccc(NC(=O)c4ccc(NC(=O)/C=C/CN(C)C)cc4)c3)c(F)c(OCCOCCNC(=O)[C@H](C)NC(=O)[C@@H](N)C(C)C)nc12. The van der Waals surface area contributed by atoms with Crippen molar-refractivity contribution >= 4 is 52.2 Å². The van der Waals surface area contributed by atoms with Crippen LogP contribution in [0.3, 0.4) is 0 Å². The molecule has 0 fully saturated rings. The molecule has 0 bridgehead atoms. The topological polar surface area (TPSA) is 206 Å². The number of likely N-dealkylation sites (N-methyl/N-ethyl adjacent to an activating group) is 1. The Bertz CT molecular complexity index is 2030. The lowest BCUT2D eigenvalue weighted by atomic mass is 10.0. The minimum absolute atomic E-state index is 0.0245. The monoisotopic (exact) mass is 788 g/mol. The summed E-state index contributed by atoms with van der Waals surface area (Å²) in [6.07, 6.45) is 4.83. The Balaban J connectivity index is 1.36. The number of rotatable bonds is 20. The number of nitrogens with zero attached hydrogens (tertiary/aromatic N) is 4. The third-order valence-corrected chi connectivity index (χ3v) is 8.53. The Morgan fingerprint density at radius 3 is 2.33 bits per heavy atom. The lowest BCUT2D eigenvalue weighted by molar-refractivity contribution is -0.129. The highest BCUT2D eigenvalue weighted by atomic mass is 19.1. The fraction of sp³-hybridized carbons (Fsp3) is 0.400. The van der Waals surface area contributed by atoms with E-state index < -0.39 is 23.8 Å². The molecule has 0 aliphatic rings. The molecule has 0 saturated heterocycles. The van der Waals surface area contributed by atoms with Crippen molar-refractivity contribution in [3.8, 4) is 5.88 Å². The number of aromatic nitrogens is 3. The second-order valence-corrected chi connectivity index (χ2v) is 14.2. The molecule has 0 aliphatic carbocycles. The first-order chi connectivity index (χ1) is 27.1. The van der Waals surface area contributed by atoms with E-state index in [1.165, 1.54) is 10.6 Å². The third kappa shape index (κ3) is 12.8. The van der Waals surface area contributed by atoms with Crippen LogP contribution in [-0.2, 0) is 19.1 Å². The van der Waals surface area contributed by atoms with E-state index in [1.54, 1.807) is 67.7 Å². The number of ether oxygens (including phenoxy) is 2. The molecule has 306 valence electrons. The second kappa shape index (κ2) is 20.8. The summed E-state index contributed by atoms with van der Waals surface area (Å²) >= 11 is 0. The van der Waals surface area contributed by atoms with E-state index in [0.717, 1.165) is 5.56 Å². The Morgan fingerprint density at radius 2 is 1.65 bits per heavy atom. The van der Waals surface area contributed by atoms with Gasteiger partial charge in [-0.2, -0.15) is 19.0 Å². The molecule has 2 heterocycles. The predicted octanol–water partition coefficient (Wildman–Crippen LogP) is 4.04. The van der Waals surface area contributed by atoms with Crippen LogP contribution in [0.4, 0.5) is 27.3 Å². The van der Waals surface area contributed by atoms with Crippen molar-refractivity contribution in [3.63, 3.8) is 0 Å². The van der Waals surface area contributed by atoms with E-state index in [1.807, 2.05) is 46.7 Å². The fourth-order valence-corrected chi connectivity index (χ4v) is 5.23. The molecule has 17 heteroatoms. The number of amides is 4. The number of anilines is 4. The van der Waals surface area contributed by atoms with Gasteiger partial charge >= 0.3 is 0 Å². The molecule has 16 nitrogen and oxygen atoms in total. The molecule has 4 aromatic rings. The predicted molar refractivity (Wildman–Crippen MR) is 217 cm³/mol. The molecular weight excluding hydrogens is 736 g/mol. The van der Waals surface area contributed by atoms with Gasteiger partial charge in [-0.25, -0.2) is 0 Å². The number of hydrogen-bond acceptors (Lipinski definition) is 11. The summed E-state index contributed by atoms with van der Waals surface area (Å²) in [6.45, 7) is 10.1. The van der Waals surface area contributed by atoms with Crippen molar-refractivity contribution in [1.82, 2.24) is 30.1 Å². The summed E-state index contributed by atoms with van der Waals surface area (Å²) in [5, 5.41) is 18.3. The Morgan fingerprint density at radius 1 is 0.930 bits per heavy atom. The molecule has 0 spiro atoms. The number of carbonyl (C=O) groups is 4. The highest BCUT2D eigenvalue weighted by Crippen LogP contribution is 2.31. The number of benzene rings is 2. The Hall–Kier alpha value is -5.91. The van der Waals surface area contributed by atoms with Gasteiger partial charge in [-0.15, -0.1) is 0 Å². The maximum Gasteiger partial charge on any atom is 0.256 e. The molecule has 0 radical (unpaired) electrons. The lowest BCUT2D eigenvalue weighted by Crippen LogP contribution is -2.52. The molecule has 7 N–H and O–H groups in total. The highest BCUT2D eigenvalue weighted by Gasteiger charge is 2.23. The Kier molecular flexibility index (Phi) is 16.0. The average Bonchev–Trinajstić information content (AvgIpc) is 3.59. The molecule has 0 aliphatic heterocycles. The van der Waals surface area contributed by atoms with E-state index in [0.29, 0.717) is 34.8 Å². The van der Waals surface area contributed by atoms with Crippen molar-refractivity contribution in [1.29, 1.82) is 0 Å². The number of fused-ring (bicyclic) bond motifs is 1. The van der Waals surface area contributed by atoms with E-state index in [4.69, 9.17) is 15.2 Å². The van der Waals surface area contributed by atoms with Gasteiger partial charge in [0.15, 0.2) is 11.5 Å². The molecule has 4 rings (SSSR count). The number of nitrogens with one attached hydrogen (secondary N) is 5. The number of carbonyl (C=O) groups excluding carboxylic acids is 4.